The second kappa shape index (κ2) is 4.81. The number of ether oxygens (including phenoxy) is 1. The first-order valence-electron chi connectivity index (χ1n) is 4.64. The third-order valence-corrected chi connectivity index (χ3v) is 1.88. The smallest absolute Gasteiger partial charge is 0.145 e. The molecule has 0 aliphatic carbocycles. The summed E-state index contributed by atoms with van der Waals surface area (Å²) in [5.74, 6) is 0.866. The van der Waals surface area contributed by atoms with Crippen molar-refractivity contribution >= 4 is 5.69 Å². The molecule has 4 heteroatoms. The van der Waals surface area contributed by atoms with Gasteiger partial charge in [-0.25, -0.2) is 0 Å². The zero-order valence-electron chi connectivity index (χ0n) is 8.53. The van der Waals surface area contributed by atoms with Crippen molar-refractivity contribution < 1.29 is 9.84 Å². The minimum atomic E-state index is -0.0151. The molecule has 0 amide bonds. The highest BCUT2D eigenvalue weighted by Crippen LogP contribution is 2.27. The van der Waals surface area contributed by atoms with E-state index in [1.807, 2.05) is 13.8 Å². The largest absolute Gasteiger partial charge is 0.489 e. The van der Waals surface area contributed by atoms with Gasteiger partial charge in [-0.3, -0.25) is 4.98 Å². The molecule has 1 aromatic rings. The molecule has 0 aliphatic heterocycles. The number of nitrogen functional groups attached to an aromatic ring is 1. The van der Waals surface area contributed by atoms with Crippen molar-refractivity contribution in [1.82, 2.24) is 4.98 Å². The molecule has 0 atom stereocenters. The number of nitrogens with two attached hydrogens (primary N) is 1. The molecule has 0 unspecified atom stereocenters. The quantitative estimate of drug-likeness (QED) is 0.758. The molecule has 1 heterocycles. The van der Waals surface area contributed by atoms with E-state index in [9.17, 15) is 0 Å². The van der Waals surface area contributed by atoms with Crippen molar-refractivity contribution in [2.24, 2.45) is 0 Å². The lowest BCUT2D eigenvalue weighted by atomic mass is 10.1. The van der Waals surface area contributed by atoms with Crippen LogP contribution in [0.1, 0.15) is 25.5 Å². The normalized spacial score (nSPS) is 10.6. The van der Waals surface area contributed by atoms with Crippen LogP contribution in [-0.4, -0.2) is 23.3 Å². The highest BCUT2D eigenvalue weighted by Gasteiger charge is 2.10. The van der Waals surface area contributed by atoms with Crippen LogP contribution in [0.4, 0.5) is 5.69 Å². The summed E-state index contributed by atoms with van der Waals surface area (Å²) in [7, 11) is 0. The van der Waals surface area contributed by atoms with Crippen molar-refractivity contribution in [2.45, 2.75) is 19.8 Å². The van der Waals surface area contributed by atoms with Gasteiger partial charge >= 0.3 is 0 Å². The molecule has 3 N–H and O–H groups in total. The average Bonchev–Trinajstić information content (AvgIpc) is 2.16. The topological polar surface area (TPSA) is 68.4 Å². The van der Waals surface area contributed by atoms with Crippen LogP contribution in [-0.2, 0) is 0 Å². The van der Waals surface area contributed by atoms with Crippen LogP contribution in [0.5, 0.6) is 5.75 Å². The molecule has 1 rings (SSSR count). The second-order valence-corrected chi connectivity index (χ2v) is 3.33. The average molecular weight is 196 g/mol. The van der Waals surface area contributed by atoms with E-state index in [0.717, 1.165) is 5.69 Å². The first-order chi connectivity index (χ1) is 6.66. The van der Waals surface area contributed by atoms with Gasteiger partial charge in [-0.2, -0.15) is 0 Å². The van der Waals surface area contributed by atoms with Crippen LogP contribution in [0.25, 0.3) is 0 Å². The Balaban J connectivity index is 2.89. The van der Waals surface area contributed by atoms with Crippen LogP contribution in [0.15, 0.2) is 12.3 Å². The van der Waals surface area contributed by atoms with E-state index in [1.165, 1.54) is 0 Å². The maximum atomic E-state index is 8.62. The molecule has 0 aromatic carbocycles. The predicted octanol–water partition coefficient (Wildman–Crippen LogP) is 1.16. The van der Waals surface area contributed by atoms with Gasteiger partial charge in [0.25, 0.3) is 0 Å². The minimum absolute atomic E-state index is 0.0151. The number of rotatable bonds is 4. The lowest BCUT2D eigenvalue weighted by molar-refractivity contribution is 0.202. The van der Waals surface area contributed by atoms with E-state index in [-0.39, 0.29) is 19.1 Å². The molecule has 0 spiro atoms. The fourth-order valence-corrected chi connectivity index (χ4v) is 1.21. The first-order valence-corrected chi connectivity index (χ1v) is 4.64. The Kier molecular flexibility index (Phi) is 3.71. The van der Waals surface area contributed by atoms with Gasteiger partial charge in [-0.05, 0) is 5.92 Å². The van der Waals surface area contributed by atoms with E-state index in [4.69, 9.17) is 15.6 Å². The van der Waals surface area contributed by atoms with Crippen molar-refractivity contribution in [3.05, 3.63) is 18.0 Å². The van der Waals surface area contributed by atoms with Gasteiger partial charge in [-0.15, -0.1) is 0 Å². The number of hydrogen-bond donors (Lipinski definition) is 2. The maximum absolute atomic E-state index is 8.62. The van der Waals surface area contributed by atoms with Crippen molar-refractivity contribution in [3.63, 3.8) is 0 Å². The Morgan fingerprint density at radius 3 is 2.86 bits per heavy atom. The number of aliphatic hydroxyl groups excluding tert-OH is 1. The first kappa shape index (κ1) is 10.8. The lowest BCUT2D eigenvalue weighted by Gasteiger charge is -2.12. The van der Waals surface area contributed by atoms with Crippen LogP contribution >= 0.6 is 0 Å². The van der Waals surface area contributed by atoms with Crippen molar-refractivity contribution in [3.8, 4) is 5.75 Å². The standard InChI is InChI=1S/C10H16N2O2/c1-7(2)10-9(11)8(3-4-12-10)14-6-5-13/h3-4,7,13H,5-6,11H2,1-2H3. The molecule has 78 valence electrons. The Morgan fingerprint density at radius 2 is 2.29 bits per heavy atom. The number of pyridine rings is 1. The molecular weight excluding hydrogens is 180 g/mol. The monoisotopic (exact) mass is 196 g/mol. The predicted molar refractivity (Wildman–Crippen MR) is 55.3 cm³/mol. The Hall–Kier alpha value is -1.29. The van der Waals surface area contributed by atoms with E-state index in [0.29, 0.717) is 11.4 Å². The van der Waals surface area contributed by atoms with E-state index < -0.39 is 0 Å². The van der Waals surface area contributed by atoms with Gasteiger partial charge in [0.2, 0.25) is 0 Å². The SMILES string of the molecule is CC(C)c1nccc(OCCO)c1N. The Morgan fingerprint density at radius 1 is 1.57 bits per heavy atom. The number of hydrogen-bond acceptors (Lipinski definition) is 4. The fraction of sp³-hybridized carbons (Fsp3) is 0.500. The van der Waals surface area contributed by atoms with Gasteiger partial charge in [0.15, 0.2) is 0 Å². The number of nitrogens with zero attached hydrogens (tertiary/aromatic N) is 1. The maximum Gasteiger partial charge on any atom is 0.145 e. The van der Waals surface area contributed by atoms with Gasteiger partial charge in [0.1, 0.15) is 12.4 Å². The number of aliphatic hydroxyl groups is 1. The molecule has 0 saturated carbocycles. The van der Waals surface area contributed by atoms with Crippen LogP contribution < -0.4 is 10.5 Å². The molecule has 0 bridgehead atoms. The summed E-state index contributed by atoms with van der Waals surface area (Å²) in [6.45, 7) is 4.29. The summed E-state index contributed by atoms with van der Waals surface area (Å²) in [4.78, 5) is 4.18. The third kappa shape index (κ3) is 2.35. The van der Waals surface area contributed by atoms with E-state index in [1.54, 1.807) is 12.3 Å². The summed E-state index contributed by atoms with van der Waals surface area (Å²) in [6.07, 6.45) is 1.67. The highest BCUT2D eigenvalue weighted by atomic mass is 16.5. The molecule has 1 aromatic heterocycles. The highest BCUT2D eigenvalue weighted by molar-refractivity contribution is 5.56. The molecule has 0 aliphatic rings. The molecule has 0 radical (unpaired) electrons. The fourth-order valence-electron chi connectivity index (χ4n) is 1.21. The van der Waals surface area contributed by atoms with Crippen molar-refractivity contribution in [2.75, 3.05) is 18.9 Å². The zero-order chi connectivity index (χ0) is 10.6. The van der Waals surface area contributed by atoms with Crippen molar-refractivity contribution in [1.29, 1.82) is 0 Å². The lowest BCUT2D eigenvalue weighted by Crippen LogP contribution is -2.07. The zero-order valence-corrected chi connectivity index (χ0v) is 8.53. The van der Waals surface area contributed by atoms with E-state index in [2.05, 4.69) is 4.98 Å². The minimum Gasteiger partial charge on any atom is -0.489 e. The van der Waals surface area contributed by atoms with Gasteiger partial charge in [0.05, 0.1) is 18.0 Å². The summed E-state index contributed by atoms with van der Waals surface area (Å²) in [6, 6.07) is 1.71. The van der Waals surface area contributed by atoms with Crippen LogP contribution in [0.2, 0.25) is 0 Å². The van der Waals surface area contributed by atoms with Gasteiger partial charge in [-0.1, -0.05) is 13.8 Å². The van der Waals surface area contributed by atoms with Crippen LogP contribution in [0.3, 0.4) is 0 Å². The second-order valence-electron chi connectivity index (χ2n) is 3.33. The molecule has 4 nitrogen and oxygen atoms in total. The third-order valence-electron chi connectivity index (χ3n) is 1.88. The van der Waals surface area contributed by atoms with Crippen LogP contribution in [0, 0.1) is 0 Å². The van der Waals surface area contributed by atoms with E-state index >= 15 is 0 Å². The summed E-state index contributed by atoms with van der Waals surface area (Å²) >= 11 is 0. The number of anilines is 1. The Bertz CT molecular complexity index is 300. The van der Waals surface area contributed by atoms with Gasteiger partial charge in [0, 0.05) is 12.3 Å². The molecular formula is C10H16N2O2. The summed E-state index contributed by atoms with van der Waals surface area (Å²) < 4.78 is 5.26. The Labute approximate surface area is 83.7 Å². The summed E-state index contributed by atoms with van der Waals surface area (Å²) in [5.41, 5.74) is 7.26. The molecule has 0 fully saturated rings. The molecule has 0 saturated heterocycles. The number of aromatic nitrogens is 1. The van der Waals surface area contributed by atoms with Gasteiger partial charge < -0.3 is 15.6 Å². The molecule has 14 heavy (non-hydrogen) atoms. The summed E-state index contributed by atoms with van der Waals surface area (Å²) in [5, 5.41) is 8.62.